The lowest BCUT2D eigenvalue weighted by Gasteiger charge is -2.12. The van der Waals surface area contributed by atoms with Crippen LogP contribution in [-0.2, 0) is 0 Å². The van der Waals surface area contributed by atoms with Gasteiger partial charge in [0.05, 0.1) is 0 Å². The molecule has 5 nitrogen and oxygen atoms in total. The summed E-state index contributed by atoms with van der Waals surface area (Å²) in [6, 6.07) is 7.70. The van der Waals surface area contributed by atoms with Gasteiger partial charge in [-0.3, -0.25) is 4.79 Å². The Kier molecular flexibility index (Phi) is 5.09. The zero-order chi connectivity index (χ0) is 16.1. The van der Waals surface area contributed by atoms with Crippen LogP contribution in [0.15, 0.2) is 30.5 Å². The van der Waals surface area contributed by atoms with Gasteiger partial charge in [0.15, 0.2) is 0 Å². The zero-order valence-electron chi connectivity index (χ0n) is 13.5. The van der Waals surface area contributed by atoms with Crippen molar-refractivity contribution in [3.63, 3.8) is 0 Å². The molecular weight excluding hydrogens is 276 g/mol. The topological polar surface area (TPSA) is 66.9 Å². The monoisotopic (exact) mass is 298 g/mol. The highest BCUT2D eigenvalue weighted by Gasteiger charge is 2.10. The Hall–Kier alpha value is -2.43. The number of anilines is 2. The van der Waals surface area contributed by atoms with Crippen LogP contribution >= 0.6 is 0 Å². The number of benzene rings is 1. The van der Waals surface area contributed by atoms with Crippen molar-refractivity contribution in [3.05, 3.63) is 47.3 Å². The summed E-state index contributed by atoms with van der Waals surface area (Å²) >= 11 is 0. The van der Waals surface area contributed by atoms with E-state index in [0.717, 1.165) is 17.7 Å². The van der Waals surface area contributed by atoms with E-state index in [9.17, 15) is 4.79 Å². The summed E-state index contributed by atoms with van der Waals surface area (Å²) in [5.41, 5.74) is 3.45. The van der Waals surface area contributed by atoms with Crippen molar-refractivity contribution in [1.82, 2.24) is 9.97 Å². The Balaban J connectivity index is 2.12. The molecule has 22 heavy (non-hydrogen) atoms. The summed E-state index contributed by atoms with van der Waals surface area (Å²) in [7, 11) is 0. The molecule has 0 aliphatic carbocycles. The van der Waals surface area contributed by atoms with E-state index >= 15 is 0 Å². The molecule has 0 saturated heterocycles. The number of aromatic nitrogens is 2. The third kappa shape index (κ3) is 4.04. The normalized spacial score (nSPS) is 11.8. The third-order valence-corrected chi connectivity index (χ3v) is 3.64. The summed E-state index contributed by atoms with van der Waals surface area (Å²) in [6.45, 7) is 8.18. The van der Waals surface area contributed by atoms with E-state index in [1.807, 2.05) is 39.0 Å². The van der Waals surface area contributed by atoms with Gasteiger partial charge in [0.1, 0.15) is 5.69 Å². The Morgan fingerprint density at radius 2 is 2.00 bits per heavy atom. The Labute approximate surface area is 131 Å². The van der Waals surface area contributed by atoms with Crippen molar-refractivity contribution >= 4 is 17.5 Å². The minimum Gasteiger partial charge on any atom is -0.352 e. The molecule has 0 radical (unpaired) electrons. The van der Waals surface area contributed by atoms with E-state index < -0.39 is 0 Å². The maximum absolute atomic E-state index is 12.3. The summed E-state index contributed by atoms with van der Waals surface area (Å²) in [5.74, 6) is 0.236. The number of carbonyl (C=O) groups is 1. The summed E-state index contributed by atoms with van der Waals surface area (Å²) in [6.07, 6.45) is 2.55. The van der Waals surface area contributed by atoms with E-state index in [2.05, 4.69) is 27.5 Å². The highest BCUT2D eigenvalue weighted by Crippen LogP contribution is 2.15. The van der Waals surface area contributed by atoms with Gasteiger partial charge in [-0.05, 0) is 56.5 Å². The molecule has 0 aliphatic rings. The largest absolute Gasteiger partial charge is 0.352 e. The molecule has 0 saturated carbocycles. The molecule has 1 unspecified atom stereocenters. The van der Waals surface area contributed by atoms with Crippen LogP contribution in [0.1, 0.15) is 41.9 Å². The van der Waals surface area contributed by atoms with Gasteiger partial charge in [0.2, 0.25) is 5.95 Å². The standard InChI is InChI=1S/C17H22N4O/c1-5-13(4)19-17-18-9-8-15(21-17)16(22)20-14-7-6-11(2)12(3)10-14/h6-10,13H,5H2,1-4H3,(H,20,22)(H,18,19,21). The average molecular weight is 298 g/mol. The van der Waals surface area contributed by atoms with Crippen molar-refractivity contribution in [2.24, 2.45) is 0 Å². The van der Waals surface area contributed by atoms with Gasteiger partial charge < -0.3 is 10.6 Å². The van der Waals surface area contributed by atoms with Crippen LogP contribution in [0.5, 0.6) is 0 Å². The Morgan fingerprint density at radius 3 is 2.68 bits per heavy atom. The maximum Gasteiger partial charge on any atom is 0.274 e. The molecule has 2 rings (SSSR count). The fraction of sp³-hybridized carbons (Fsp3) is 0.353. The number of hydrogen-bond donors (Lipinski definition) is 2. The Morgan fingerprint density at radius 1 is 1.23 bits per heavy atom. The van der Waals surface area contributed by atoms with E-state index in [1.165, 1.54) is 5.56 Å². The number of rotatable bonds is 5. The fourth-order valence-electron chi connectivity index (χ4n) is 1.89. The minimum atomic E-state index is -0.238. The molecule has 1 amide bonds. The quantitative estimate of drug-likeness (QED) is 0.885. The SMILES string of the molecule is CCC(C)Nc1nccc(C(=O)Nc2ccc(C)c(C)c2)n1. The minimum absolute atomic E-state index is 0.238. The van der Waals surface area contributed by atoms with Crippen LogP contribution < -0.4 is 10.6 Å². The number of aryl methyl sites for hydroxylation is 2. The van der Waals surface area contributed by atoms with E-state index in [1.54, 1.807) is 12.3 Å². The van der Waals surface area contributed by atoms with Gasteiger partial charge in [0.25, 0.3) is 5.91 Å². The predicted molar refractivity (Wildman–Crippen MR) is 89.3 cm³/mol. The molecule has 2 N–H and O–H groups in total. The van der Waals surface area contributed by atoms with Gasteiger partial charge in [-0.1, -0.05) is 13.0 Å². The van der Waals surface area contributed by atoms with E-state index in [-0.39, 0.29) is 11.9 Å². The third-order valence-electron chi connectivity index (χ3n) is 3.64. The molecule has 0 fully saturated rings. The van der Waals surface area contributed by atoms with Crippen molar-refractivity contribution in [3.8, 4) is 0 Å². The van der Waals surface area contributed by atoms with Crippen molar-refractivity contribution in [1.29, 1.82) is 0 Å². The molecule has 0 bridgehead atoms. The molecule has 0 aliphatic heterocycles. The first kappa shape index (κ1) is 15.9. The predicted octanol–water partition coefficient (Wildman–Crippen LogP) is 3.56. The molecule has 1 aromatic heterocycles. The molecule has 2 aromatic rings. The second kappa shape index (κ2) is 7.02. The molecule has 1 heterocycles. The molecule has 1 aromatic carbocycles. The highest BCUT2D eigenvalue weighted by atomic mass is 16.1. The first-order chi connectivity index (χ1) is 10.5. The lowest BCUT2D eigenvalue weighted by atomic mass is 10.1. The van der Waals surface area contributed by atoms with E-state index in [4.69, 9.17) is 0 Å². The molecule has 116 valence electrons. The van der Waals surface area contributed by atoms with Crippen LogP contribution in [-0.4, -0.2) is 21.9 Å². The number of amides is 1. The number of carbonyl (C=O) groups excluding carboxylic acids is 1. The average Bonchev–Trinajstić information content (AvgIpc) is 2.51. The van der Waals surface area contributed by atoms with Crippen molar-refractivity contribution in [2.75, 3.05) is 10.6 Å². The second-order valence-corrected chi connectivity index (χ2v) is 5.47. The van der Waals surface area contributed by atoms with Crippen LogP contribution in [0.2, 0.25) is 0 Å². The summed E-state index contributed by atoms with van der Waals surface area (Å²) < 4.78 is 0. The van der Waals surface area contributed by atoms with Crippen LogP contribution in [0.4, 0.5) is 11.6 Å². The number of nitrogens with one attached hydrogen (secondary N) is 2. The summed E-state index contributed by atoms with van der Waals surface area (Å²) in [4.78, 5) is 20.7. The molecular formula is C17H22N4O. The molecule has 5 heteroatoms. The van der Waals surface area contributed by atoms with Gasteiger partial charge in [-0.2, -0.15) is 0 Å². The first-order valence-corrected chi connectivity index (χ1v) is 7.47. The smallest absolute Gasteiger partial charge is 0.274 e. The van der Waals surface area contributed by atoms with Gasteiger partial charge in [-0.25, -0.2) is 9.97 Å². The van der Waals surface area contributed by atoms with Crippen molar-refractivity contribution < 1.29 is 4.79 Å². The van der Waals surface area contributed by atoms with Crippen molar-refractivity contribution in [2.45, 2.75) is 40.2 Å². The number of nitrogens with zero attached hydrogens (tertiary/aromatic N) is 2. The molecule has 0 spiro atoms. The van der Waals surface area contributed by atoms with Gasteiger partial charge >= 0.3 is 0 Å². The highest BCUT2D eigenvalue weighted by molar-refractivity contribution is 6.03. The number of hydrogen-bond acceptors (Lipinski definition) is 4. The maximum atomic E-state index is 12.3. The lowest BCUT2D eigenvalue weighted by molar-refractivity contribution is 0.102. The first-order valence-electron chi connectivity index (χ1n) is 7.47. The van der Waals surface area contributed by atoms with Crippen LogP contribution in [0.3, 0.4) is 0 Å². The van der Waals surface area contributed by atoms with Gasteiger partial charge in [-0.15, -0.1) is 0 Å². The second-order valence-electron chi connectivity index (χ2n) is 5.47. The lowest BCUT2D eigenvalue weighted by Crippen LogP contribution is -2.19. The fourth-order valence-corrected chi connectivity index (χ4v) is 1.89. The van der Waals surface area contributed by atoms with Crippen LogP contribution in [0.25, 0.3) is 0 Å². The van der Waals surface area contributed by atoms with Crippen LogP contribution in [0, 0.1) is 13.8 Å². The summed E-state index contributed by atoms with van der Waals surface area (Å²) in [5, 5.41) is 6.03. The van der Waals surface area contributed by atoms with Gasteiger partial charge in [0, 0.05) is 17.9 Å². The Bertz CT molecular complexity index is 669. The van der Waals surface area contributed by atoms with E-state index in [0.29, 0.717) is 11.6 Å². The molecule has 1 atom stereocenters. The zero-order valence-corrected chi connectivity index (χ0v) is 13.5.